The number of ether oxygens (including phenoxy) is 2. The topological polar surface area (TPSA) is 81.9 Å². The summed E-state index contributed by atoms with van der Waals surface area (Å²) in [5, 5.41) is 0. The molecule has 0 saturated heterocycles. The zero-order valence-corrected chi connectivity index (χ0v) is 16.8. The van der Waals surface area contributed by atoms with E-state index in [1.807, 2.05) is 54.6 Å². The Morgan fingerprint density at radius 1 is 1.00 bits per heavy atom. The van der Waals surface area contributed by atoms with Crippen LogP contribution in [0, 0.1) is 0 Å². The lowest BCUT2D eigenvalue weighted by Crippen LogP contribution is -2.32. The Kier molecular flexibility index (Phi) is 5.14. The van der Waals surface area contributed by atoms with E-state index < -0.39 is 12.0 Å². The number of benzene rings is 3. The Morgan fingerprint density at radius 3 is 2.47 bits per heavy atom. The van der Waals surface area contributed by atoms with E-state index in [1.54, 1.807) is 19.2 Å². The van der Waals surface area contributed by atoms with Crippen LogP contribution in [-0.2, 0) is 11.2 Å². The number of anilines is 2. The molecule has 0 spiro atoms. The molecule has 3 aromatic rings. The number of carbonyl (C=O) groups excluding carboxylic acids is 2. The Labute approximate surface area is 174 Å². The minimum absolute atomic E-state index is 0.101. The van der Waals surface area contributed by atoms with Crippen LogP contribution in [0.3, 0.4) is 0 Å². The molecule has 0 radical (unpaired) electrons. The molecule has 0 fully saturated rings. The van der Waals surface area contributed by atoms with Crippen molar-refractivity contribution in [3.63, 3.8) is 0 Å². The second-order valence-corrected chi connectivity index (χ2v) is 7.11. The summed E-state index contributed by atoms with van der Waals surface area (Å²) in [4.78, 5) is 25.7. The lowest BCUT2D eigenvalue weighted by atomic mass is 9.85. The van der Waals surface area contributed by atoms with Crippen LogP contribution >= 0.6 is 0 Å². The standard InChI is InChI=1S/C24H22N2O4/c1-15(27)30-23-12-6-11-22-20(23)14-19(16-7-5-8-17(13-16)29-2)18-9-3-4-10-21(18)26(22)24(25)28/h3-13,19H,14H2,1-2H3,(H2,25,28). The molecule has 0 saturated carbocycles. The molecule has 0 bridgehead atoms. The molecule has 30 heavy (non-hydrogen) atoms. The van der Waals surface area contributed by atoms with Gasteiger partial charge in [-0.3, -0.25) is 9.69 Å². The molecule has 1 unspecified atom stereocenters. The van der Waals surface area contributed by atoms with E-state index in [0.717, 1.165) is 22.4 Å². The van der Waals surface area contributed by atoms with Gasteiger partial charge in [0, 0.05) is 18.4 Å². The highest BCUT2D eigenvalue weighted by atomic mass is 16.5. The summed E-state index contributed by atoms with van der Waals surface area (Å²) >= 11 is 0. The summed E-state index contributed by atoms with van der Waals surface area (Å²) in [5.41, 5.74) is 9.85. The van der Waals surface area contributed by atoms with Crippen LogP contribution in [0.15, 0.2) is 66.7 Å². The van der Waals surface area contributed by atoms with Gasteiger partial charge in [0.2, 0.25) is 0 Å². The van der Waals surface area contributed by atoms with E-state index in [9.17, 15) is 9.59 Å². The smallest absolute Gasteiger partial charge is 0.323 e. The molecule has 1 atom stereocenters. The second-order valence-electron chi connectivity index (χ2n) is 7.11. The highest BCUT2D eigenvalue weighted by Gasteiger charge is 2.32. The summed E-state index contributed by atoms with van der Waals surface area (Å²) in [7, 11) is 1.63. The van der Waals surface area contributed by atoms with Crippen molar-refractivity contribution in [1.82, 2.24) is 0 Å². The van der Waals surface area contributed by atoms with Crippen LogP contribution in [0.2, 0.25) is 0 Å². The Bertz CT molecular complexity index is 1130. The van der Waals surface area contributed by atoms with Crippen molar-refractivity contribution in [3.8, 4) is 11.5 Å². The van der Waals surface area contributed by atoms with Crippen LogP contribution in [0.5, 0.6) is 11.5 Å². The predicted molar refractivity (Wildman–Crippen MR) is 114 cm³/mol. The molecule has 1 aliphatic rings. The molecule has 1 heterocycles. The van der Waals surface area contributed by atoms with Crippen molar-refractivity contribution < 1.29 is 19.1 Å². The quantitative estimate of drug-likeness (QED) is 0.516. The molecule has 6 heteroatoms. The number of esters is 1. The van der Waals surface area contributed by atoms with Crippen molar-refractivity contribution in [2.45, 2.75) is 19.3 Å². The van der Waals surface area contributed by atoms with Crippen LogP contribution in [-0.4, -0.2) is 19.1 Å². The number of primary amides is 1. The number of nitrogens with zero attached hydrogens (tertiary/aromatic N) is 1. The summed E-state index contributed by atoms with van der Waals surface area (Å²) in [6.45, 7) is 1.36. The molecule has 0 aliphatic carbocycles. The fourth-order valence-electron chi connectivity index (χ4n) is 4.04. The molecule has 152 valence electrons. The number of urea groups is 1. The number of rotatable bonds is 3. The van der Waals surface area contributed by atoms with Crippen LogP contribution in [0.25, 0.3) is 0 Å². The van der Waals surface area contributed by atoms with Gasteiger partial charge >= 0.3 is 12.0 Å². The summed E-state index contributed by atoms with van der Waals surface area (Å²) in [5.74, 6) is 0.645. The number of hydrogen-bond donors (Lipinski definition) is 1. The molecular weight excluding hydrogens is 380 g/mol. The summed E-state index contributed by atoms with van der Waals surface area (Å²) < 4.78 is 10.9. The molecule has 1 aliphatic heterocycles. The summed E-state index contributed by atoms with van der Waals surface area (Å²) in [6.07, 6.45) is 0.521. The Morgan fingerprint density at radius 2 is 1.73 bits per heavy atom. The summed E-state index contributed by atoms with van der Waals surface area (Å²) in [6, 6.07) is 20.2. The average Bonchev–Trinajstić information content (AvgIpc) is 2.88. The first-order chi connectivity index (χ1) is 14.5. The fraction of sp³-hybridized carbons (Fsp3) is 0.167. The number of carbonyl (C=O) groups is 2. The van der Waals surface area contributed by atoms with Crippen molar-refractivity contribution in [2.75, 3.05) is 12.0 Å². The Hall–Kier alpha value is -3.80. The van der Waals surface area contributed by atoms with Gasteiger partial charge < -0.3 is 15.2 Å². The maximum Gasteiger partial charge on any atom is 0.323 e. The third-order valence-corrected chi connectivity index (χ3v) is 5.28. The molecule has 6 nitrogen and oxygen atoms in total. The number of hydrogen-bond acceptors (Lipinski definition) is 4. The van der Waals surface area contributed by atoms with Crippen molar-refractivity contribution in [1.29, 1.82) is 0 Å². The number of methoxy groups -OCH3 is 1. The zero-order chi connectivity index (χ0) is 21.3. The fourth-order valence-corrected chi connectivity index (χ4v) is 4.04. The van der Waals surface area contributed by atoms with Crippen molar-refractivity contribution >= 4 is 23.4 Å². The minimum atomic E-state index is -0.602. The van der Waals surface area contributed by atoms with Gasteiger partial charge in [0.25, 0.3) is 0 Å². The number of para-hydroxylation sites is 1. The molecule has 3 aromatic carbocycles. The van der Waals surface area contributed by atoms with Crippen LogP contribution < -0.4 is 20.1 Å². The molecule has 4 rings (SSSR count). The number of nitrogens with two attached hydrogens (primary N) is 1. The molecule has 0 aromatic heterocycles. The van der Waals surface area contributed by atoms with E-state index in [4.69, 9.17) is 15.2 Å². The molecule has 2 N–H and O–H groups in total. The normalized spacial score (nSPS) is 14.9. The van der Waals surface area contributed by atoms with Crippen molar-refractivity contribution in [3.05, 3.63) is 83.4 Å². The highest BCUT2D eigenvalue weighted by Crippen LogP contribution is 2.46. The van der Waals surface area contributed by atoms with Gasteiger partial charge in [-0.05, 0) is 47.9 Å². The van der Waals surface area contributed by atoms with Gasteiger partial charge in [0.05, 0.1) is 18.5 Å². The number of fused-ring (bicyclic) bond motifs is 2. The second kappa shape index (κ2) is 7.91. The first-order valence-electron chi connectivity index (χ1n) is 9.62. The molecular formula is C24H22N2O4. The maximum absolute atomic E-state index is 12.5. The maximum atomic E-state index is 12.5. The first kappa shape index (κ1) is 19.5. The lowest BCUT2D eigenvalue weighted by Gasteiger charge is -2.24. The van der Waals surface area contributed by atoms with Crippen molar-refractivity contribution in [2.24, 2.45) is 5.73 Å². The van der Waals surface area contributed by atoms with E-state index in [0.29, 0.717) is 23.5 Å². The van der Waals surface area contributed by atoms with Gasteiger partial charge in [-0.2, -0.15) is 0 Å². The number of amides is 2. The van der Waals surface area contributed by atoms with Crippen LogP contribution in [0.4, 0.5) is 16.2 Å². The minimum Gasteiger partial charge on any atom is -0.497 e. The SMILES string of the molecule is COc1cccc(C2Cc3c(OC(C)=O)cccc3N(C(N)=O)c3ccccc32)c1. The Balaban J connectivity index is 1.98. The predicted octanol–water partition coefficient (Wildman–Crippen LogP) is 4.53. The van der Waals surface area contributed by atoms with Gasteiger partial charge in [-0.15, -0.1) is 0 Å². The lowest BCUT2D eigenvalue weighted by molar-refractivity contribution is -0.131. The zero-order valence-electron chi connectivity index (χ0n) is 16.8. The van der Waals surface area contributed by atoms with Crippen LogP contribution in [0.1, 0.15) is 29.5 Å². The van der Waals surface area contributed by atoms with E-state index in [2.05, 4.69) is 0 Å². The highest BCUT2D eigenvalue weighted by molar-refractivity contribution is 6.01. The monoisotopic (exact) mass is 402 g/mol. The average molecular weight is 402 g/mol. The van der Waals surface area contributed by atoms with Gasteiger partial charge in [-0.1, -0.05) is 36.4 Å². The van der Waals surface area contributed by atoms with E-state index >= 15 is 0 Å². The first-order valence-corrected chi connectivity index (χ1v) is 9.62. The van der Waals surface area contributed by atoms with Gasteiger partial charge in [0.15, 0.2) is 0 Å². The van der Waals surface area contributed by atoms with Gasteiger partial charge in [-0.25, -0.2) is 4.79 Å². The van der Waals surface area contributed by atoms with Gasteiger partial charge in [0.1, 0.15) is 11.5 Å². The van der Waals surface area contributed by atoms with E-state index in [1.165, 1.54) is 11.8 Å². The van der Waals surface area contributed by atoms with E-state index in [-0.39, 0.29) is 5.92 Å². The third kappa shape index (κ3) is 3.48. The third-order valence-electron chi connectivity index (χ3n) is 5.28. The largest absolute Gasteiger partial charge is 0.497 e. The molecule has 2 amide bonds.